The van der Waals surface area contributed by atoms with Crippen molar-refractivity contribution in [2.45, 2.75) is 13.8 Å². The van der Waals surface area contributed by atoms with Gasteiger partial charge in [0.2, 0.25) is 0 Å². The van der Waals surface area contributed by atoms with Crippen molar-refractivity contribution in [3.8, 4) is 23.0 Å². The lowest BCUT2D eigenvalue weighted by Crippen LogP contribution is -1.90. The highest BCUT2D eigenvalue weighted by Crippen LogP contribution is 2.30. The van der Waals surface area contributed by atoms with E-state index in [1.54, 1.807) is 0 Å². The molecule has 116 valence electrons. The minimum atomic E-state index is 0.713. The van der Waals surface area contributed by atoms with Gasteiger partial charge in [-0.25, -0.2) is 0 Å². The van der Waals surface area contributed by atoms with Gasteiger partial charge in [0.1, 0.15) is 23.0 Å². The van der Waals surface area contributed by atoms with E-state index in [0.29, 0.717) is 5.69 Å². The Morgan fingerprint density at radius 3 is 1.57 bits per heavy atom. The fourth-order valence-electron chi connectivity index (χ4n) is 2.25. The fourth-order valence-corrected chi connectivity index (χ4v) is 2.25. The Morgan fingerprint density at radius 1 is 0.565 bits per heavy atom. The lowest BCUT2D eigenvalue weighted by Gasteiger charge is -2.11. The van der Waals surface area contributed by atoms with Crippen LogP contribution in [-0.2, 0) is 0 Å². The van der Waals surface area contributed by atoms with Gasteiger partial charge >= 0.3 is 0 Å². The number of rotatable bonds is 4. The summed E-state index contributed by atoms with van der Waals surface area (Å²) in [6.07, 6.45) is 0. The summed E-state index contributed by atoms with van der Waals surface area (Å²) in [5, 5.41) is 0. The van der Waals surface area contributed by atoms with E-state index in [1.807, 2.05) is 73.7 Å². The average Bonchev–Trinajstić information content (AvgIpc) is 2.51. The number of nitrogens with two attached hydrogens (primary N) is 1. The maximum atomic E-state index is 5.91. The van der Waals surface area contributed by atoms with Gasteiger partial charge in [0, 0.05) is 11.8 Å². The van der Waals surface area contributed by atoms with Gasteiger partial charge in [0.15, 0.2) is 0 Å². The second-order valence-electron chi connectivity index (χ2n) is 5.57. The van der Waals surface area contributed by atoms with E-state index >= 15 is 0 Å². The Bertz CT molecular complexity index is 727. The second kappa shape index (κ2) is 6.44. The number of aryl methyl sites for hydroxylation is 2. The molecule has 3 rings (SSSR count). The van der Waals surface area contributed by atoms with E-state index in [0.717, 1.165) is 28.6 Å². The average molecular weight is 305 g/mol. The standard InChI is InChI=1S/C20H19NO2/c1-14-3-7-17(8-4-14)22-19-11-15(2)12-20(13-19)23-18-9-5-16(21)6-10-18/h3-13H,21H2,1-2H3. The van der Waals surface area contributed by atoms with Crippen molar-refractivity contribution in [2.75, 3.05) is 5.73 Å². The van der Waals surface area contributed by atoms with Gasteiger partial charge in [-0.2, -0.15) is 0 Å². The molecule has 0 aromatic heterocycles. The molecule has 0 amide bonds. The Balaban J connectivity index is 1.81. The van der Waals surface area contributed by atoms with Crippen LogP contribution in [0.3, 0.4) is 0 Å². The van der Waals surface area contributed by atoms with Gasteiger partial charge in [-0.15, -0.1) is 0 Å². The molecule has 0 aliphatic rings. The van der Waals surface area contributed by atoms with Gasteiger partial charge in [-0.3, -0.25) is 0 Å². The molecule has 0 radical (unpaired) electrons. The first-order valence-corrected chi connectivity index (χ1v) is 7.48. The third-order valence-electron chi connectivity index (χ3n) is 3.40. The van der Waals surface area contributed by atoms with Crippen LogP contribution in [0.1, 0.15) is 11.1 Å². The zero-order chi connectivity index (χ0) is 16.2. The van der Waals surface area contributed by atoms with E-state index in [-0.39, 0.29) is 0 Å². The first-order valence-electron chi connectivity index (χ1n) is 7.48. The SMILES string of the molecule is Cc1ccc(Oc2cc(C)cc(Oc3ccc(N)cc3)c2)cc1. The Labute approximate surface area is 136 Å². The minimum Gasteiger partial charge on any atom is -0.457 e. The van der Waals surface area contributed by atoms with Crippen LogP contribution in [0.15, 0.2) is 66.7 Å². The largest absolute Gasteiger partial charge is 0.457 e. The minimum absolute atomic E-state index is 0.713. The molecule has 0 spiro atoms. The summed E-state index contributed by atoms with van der Waals surface area (Å²) >= 11 is 0. The smallest absolute Gasteiger partial charge is 0.131 e. The lowest BCUT2D eigenvalue weighted by atomic mass is 10.2. The molecule has 3 nitrogen and oxygen atoms in total. The molecule has 0 aliphatic carbocycles. The summed E-state index contributed by atoms with van der Waals surface area (Å²) in [7, 11) is 0. The van der Waals surface area contributed by atoms with Gasteiger partial charge in [-0.1, -0.05) is 17.7 Å². The van der Waals surface area contributed by atoms with Crippen molar-refractivity contribution >= 4 is 5.69 Å². The van der Waals surface area contributed by atoms with Crippen molar-refractivity contribution in [1.82, 2.24) is 0 Å². The molecule has 0 fully saturated rings. The summed E-state index contributed by atoms with van der Waals surface area (Å²) in [6, 6.07) is 21.1. The predicted molar refractivity (Wildman–Crippen MR) is 93.4 cm³/mol. The number of ether oxygens (including phenoxy) is 2. The predicted octanol–water partition coefficient (Wildman–Crippen LogP) is 5.47. The molecule has 3 aromatic rings. The number of nitrogen functional groups attached to an aromatic ring is 1. The van der Waals surface area contributed by atoms with E-state index in [4.69, 9.17) is 15.2 Å². The molecular formula is C20H19NO2. The highest BCUT2D eigenvalue weighted by atomic mass is 16.5. The van der Waals surface area contributed by atoms with Gasteiger partial charge in [-0.05, 0) is 67.9 Å². The zero-order valence-electron chi connectivity index (χ0n) is 13.2. The van der Waals surface area contributed by atoms with Crippen LogP contribution < -0.4 is 15.2 Å². The molecule has 0 saturated heterocycles. The first kappa shape index (κ1) is 15.0. The van der Waals surface area contributed by atoms with Crippen molar-refractivity contribution in [1.29, 1.82) is 0 Å². The molecule has 3 heteroatoms. The molecule has 0 bridgehead atoms. The fraction of sp³-hybridized carbons (Fsp3) is 0.100. The first-order chi connectivity index (χ1) is 11.1. The number of hydrogen-bond acceptors (Lipinski definition) is 3. The highest BCUT2D eigenvalue weighted by molar-refractivity contribution is 5.45. The Hall–Kier alpha value is -2.94. The van der Waals surface area contributed by atoms with Crippen LogP contribution in [0.25, 0.3) is 0 Å². The van der Waals surface area contributed by atoms with Crippen molar-refractivity contribution < 1.29 is 9.47 Å². The van der Waals surface area contributed by atoms with Gasteiger partial charge in [0.25, 0.3) is 0 Å². The maximum Gasteiger partial charge on any atom is 0.131 e. The summed E-state index contributed by atoms with van der Waals surface area (Å²) < 4.78 is 11.8. The monoisotopic (exact) mass is 305 g/mol. The normalized spacial score (nSPS) is 10.3. The van der Waals surface area contributed by atoms with Crippen LogP contribution in [0.2, 0.25) is 0 Å². The summed E-state index contributed by atoms with van der Waals surface area (Å²) in [5.74, 6) is 3.03. The molecule has 0 atom stereocenters. The molecule has 0 aliphatic heterocycles. The van der Waals surface area contributed by atoms with Crippen molar-refractivity contribution in [3.05, 3.63) is 77.9 Å². The highest BCUT2D eigenvalue weighted by Gasteiger charge is 2.04. The summed E-state index contributed by atoms with van der Waals surface area (Å²) in [4.78, 5) is 0. The molecule has 0 unspecified atom stereocenters. The third-order valence-corrected chi connectivity index (χ3v) is 3.40. The van der Waals surface area contributed by atoms with E-state index in [2.05, 4.69) is 6.92 Å². The Kier molecular flexibility index (Phi) is 4.20. The second-order valence-corrected chi connectivity index (χ2v) is 5.57. The summed E-state index contributed by atoms with van der Waals surface area (Å²) in [6.45, 7) is 4.06. The van der Waals surface area contributed by atoms with Crippen molar-refractivity contribution in [2.24, 2.45) is 0 Å². The maximum absolute atomic E-state index is 5.91. The quantitative estimate of drug-likeness (QED) is 0.650. The molecule has 2 N–H and O–H groups in total. The molecule has 23 heavy (non-hydrogen) atoms. The van der Waals surface area contributed by atoms with Crippen LogP contribution in [0, 0.1) is 13.8 Å². The van der Waals surface area contributed by atoms with Crippen LogP contribution in [-0.4, -0.2) is 0 Å². The van der Waals surface area contributed by atoms with Gasteiger partial charge in [0.05, 0.1) is 0 Å². The molecule has 0 saturated carbocycles. The molecular weight excluding hydrogens is 286 g/mol. The topological polar surface area (TPSA) is 44.5 Å². The van der Waals surface area contributed by atoms with E-state index < -0.39 is 0 Å². The molecule has 0 heterocycles. The van der Waals surface area contributed by atoms with Crippen LogP contribution in [0.5, 0.6) is 23.0 Å². The van der Waals surface area contributed by atoms with Crippen molar-refractivity contribution in [3.63, 3.8) is 0 Å². The van der Waals surface area contributed by atoms with Crippen LogP contribution in [0.4, 0.5) is 5.69 Å². The number of hydrogen-bond donors (Lipinski definition) is 1. The summed E-state index contributed by atoms with van der Waals surface area (Å²) in [5.41, 5.74) is 8.67. The van der Waals surface area contributed by atoms with E-state index in [1.165, 1.54) is 5.56 Å². The van der Waals surface area contributed by atoms with E-state index in [9.17, 15) is 0 Å². The van der Waals surface area contributed by atoms with Crippen LogP contribution >= 0.6 is 0 Å². The molecule has 3 aromatic carbocycles. The lowest BCUT2D eigenvalue weighted by molar-refractivity contribution is 0.459. The number of benzene rings is 3. The number of anilines is 1. The zero-order valence-corrected chi connectivity index (χ0v) is 13.2. The van der Waals surface area contributed by atoms with Gasteiger partial charge < -0.3 is 15.2 Å². The third kappa shape index (κ3) is 4.04. The Morgan fingerprint density at radius 2 is 1.04 bits per heavy atom.